The quantitative estimate of drug-likeness (QED) is 0.385. The summed E-state index contributed by atoms with van der Waals surface area (Å²) in [6.07, 6.45) is 1.69. The summed E-state index contributed by atoms with van der Waals surface area (Å²) in [5, 5.41) is 11.4. The second-order valence-electron chi connectivity index (χ2n) is 9.70. The fourth-order valence-corrected chi connectivity index (χ4v) is 6.18. The molecule has 1 N–H and O–H groups in total. The summed E-state index contributed by atoms with van der Waals surface area (Å²) in [5.74, 6) is -2.78. The van der Waals surface area contributed by atoms with Crippen LogP contribution in [0.1, 0.15) is 17.2 Å². The molecule has 0 bridgehead atoms. The summed E-state index contributed by atoms with van der Waals surface area (Å²) in [4.78, 5) is 43.3. The van der Waals surface area contributed by atoms with Gasteiger partial charge in [0.05, 0.1) is 29.8 Å². The van der Waals surface area contributed by atoms with Gasteiger partial charge in [0, 0.05) is 16.1 Å². The van der Waals surface area contributed by atoms with E-state index in [-0.39, 0.29) is 5.91 Å². The van der Waals surface area contributed by atoms with Crippen LogP contribution in [-0.4, -0.2) is 35.0 Å². The summed E-state index contributed by atoms with van der Waals surface area (Å²) in [6, 6.07) is 26.1. The lowest BCUT2D eigenvalue weighted by Crippen LogP contribution is -2.46. The van der Waals surface area contributed by atoms with E-state index < -0.39 is 35.7 Å². The zero-order chi connectivity index (χ0) is 26.0. The molecular weight excluding hydrogens is 500 g/mol. The number of nitrogens with zero attached hydrogens (tertiary/aromatic N) is 3. The molecule has 38 heavy (non-hydrogen) atoms. The van der Waals surface area contributed by atoms with Crippen LogP contribution in [-0.2, 0) is 14.4 Å². The van der Waals surface area contributed by atoms with Gasteiger partial charge in [-0.1, -0.05) is 72.3 Å². The molecule has 0 aliphatic carbocycles. The number of fused-ring (bicyclic) bond motifs is 6. The van der Waals surface area contributed by atoms with Crippen molar-refractivity contribution in [1.29, 1.82) is 0 Å². The molecule has 4 atom stereocenters. The van der Waals surface area contributed by atoms with E-state index in [0.717, 1.165) is 21.9 Å². The molecule has 0 spiro atoms. The van der Waals surface area contributed by atoms with Crippen LogP contribution in [0.5, 0.6) is 0 Å². The molecular formula is C30H21ClN4O3. The van der Waals surface area contributed by atoms with Gasteiger partial charge in [-0.3, -0.25) is 19.4 Å². The summed E-state index contributed by atoms with van der Waals surface area (Å²) in [5.41, 5.74) is 2.82. The Morgan fingerprint density at radius 2 is 1.53 bits per heavy atom. The van der Waals surface area contributed by atoms with Crippen LogP contribution in [0.2, 0.25) is 5.02 Å². The number of benzene rings is 4. The highest BCUT2D eigenvalue weighted by Gasteiger charge is 2.65. The minimum absolute atomic E-state index is 0.319. The normalized spacial score (nSPS) is 23.4. The lowest BCUT2D eigenvalue weighted by atomic mass is 9.85. The predicted molar refractivity (Wildman–Crippen MR) is 146 cm³/mol. The standard InChI is InChI=1S/C30H21ClN4O3/c31-19-12-14-20(15-13-19)33-28(36)27-25-24(26-22-10-4-2-7-18(22)16-32-35(26)27)29(37)34(30(25)38)23-11-5-8-17-6-1-3-9-21(17)23/h1-16,24-27H,(H,33,36)/t24-,25+,26-,27-/m1/s1. The molecule has 4 aromatic carbocycles. The number of hydrazone groups is 1. The SMILES string of the molecule is O=C(Nc1ccc(Cl)cc1)[C@H]1[C@H]2C(=O)N(c3cccc4ccccc34)C(=O)[C@H]2[C@H]2c3ccccc3C=NN21. The zero-order valence-electron chi connectivity index (χ0n) is 20.0. The van der Waals surface area contributed by atoms with E-state index in [4.69, 9.17) is 11.6 Å². The van der Waals surface area contributed by atoms with Gasteiger partial charge in [-0.2, -0.15) is 5.10 Å². The first-order valence-electron chi connectivity index (χ1n) is 12.4. The summed E-state index contributed by atoms with van der Waals surface area (Å²) < 4.78 is 0. The second kappa shape index (κ2) is 8.53. The van der Waals surface area contributed by atoms with Crippen LogP contribution in [0, 0.1) is 11.8 Å². The van der Waals surface area contributed by atoms with Crippen molar-refractivity contribution in [2.75, 3.05) is 10.2 Å². The van der Waals surface area contributed by atoms with Crippen LogP contribution < -0.4 is 10.2 Å². The molecule has 8 heteroatoms. The van der Waals surface area contributed by atoms with Crippen molar-refractivity contribution in [3.8, 4) is 0 Å². The van der Waals surface area contributed by atoms with E-state index in [9.17, 15) is 14.4 Å². The van der Waals surface area contributed by atoms with Crippen LogP contribution in [0.25, 0.3) is 10.8 Å². The minimum Gasteiger partial charge on any atom is -0.324 e. The van der Waals surface area contributed by atoms with Gasteiger partial charge in [0.1, 0.15) is 6.04 Å². The highest BCUT2D eigenvalue weighted by molar-refractivity contribution is 6.30. The topological polar surface area (TPSA) is 82.1 Å². The van der Waals surface area contributed by atoms with E-state index in [1.54, 1.807) is 41.6 Å². The maximum absolute atomic E-state index is 14.2. The van der Waals surface area contributed by atoms with Crippen LogP contribution >= 0.6 is 11.6 Å². The molecule has 7 nitrogen and oxygen atoms in total. The Morgan fingerprint density at radius 3 is 2.37 bits per heavy atom. The Labute approximate surface area is 223 Å². The van der Waals surface area contributed by atoms with Gasteiger partial charge in [-0.25, -0.2) is 4.90 Å². The van der Waals surface area contributed by atoms with Gasteiger partial charge >= 0.3 is 0 Å². The van der Waals surface area contributed by atoms with Crippen molar-refractivity contribution in [3.05, 3.63) is 107 Å². The van der Waals surface area contributed by atoms with Crippen LogP contribution in [0.3, 0.4) is 0 Å². The number of rotatable bonds is 3. The van der Waals surface area contributed by atoms with E-state index in [1.165, 1.54) is 4.90 Å². The number of nitrogens with one attached hydrogen (secondary N) is 1. The maximum Gasteiger partial charge on any atom is 0.249 e. The average molecular weight is 521 g/mol. The zero-order valence-corrected chi connectivity index (χ0v) is 20.7. The number of carbonyl (C=O) groups excluding carboxylic acids is 3. The van der Waals surface area contributed by atoms with Crippen LogP contribution in [0.15, 0.2) is 96.1 Å². The smallest absolute Gasteiger partial charge is 0.249 e. The number of hydrogen-bond acceptors (Lipinski definition) is 5. The fourth-order valence-electron chi connectivity index (χ4n) is 6.06. The molecule has 0 saturated carbocycles. The first-order chi connectivity index (χ1) is 18.5. The molecule has 3 aliphatic heterocycles. The van der Waals surface area contributed by atoms with Gasteiger partial charge in [0.2, 0.25) is 17.7 Å². The molecule has 3 heterocycles. The second-order valence-corrected chi connectivity index (χ2v) is 10.1. The molecule has 0 aromatic heterocycles. The maximum atomic E-state index is 14.2. The average Bonchev–Trinajstić information content (AvgIpc) is 3.42. The number of hydrogen-bond donors (Lipinski definition) is 1. The Kier molecular flexibility index (Phi) is 5.09. The highest BCUT2D eigenvalue weighted by Crippen LogP contribution is 2.53. The third kappa shape index (κ3) is 3.28. The lowest BCUT2D eigenvalue weighted by Gasteiger charge is -2.33. The van der Waals surface area contributed by atoms with Crippen molar-refractivity contribution >= 4 is 57.7 Å². The Morgan fingerprint density at radius 1 is 0.816 bits per heavy atom. The molecule has 3 amide bonds. The summed E-state index contributed by atoms with van der Waals surface area (Å²) >= 11 is 6.01. The highest BCUT2D eigenvalue weighted by atomic mass is 35.5. The van der Waals surface area contributed by atoms with Crippen LogP contribution in [0.4, 0.5) is 11.4 Å². The lowest BCUT2D eigenvalue weighted by molar-refractivity contribution is -0.129. The largest absolute Gasteiger partial charge is 0.324 e. The Hall–Kier alpha value is -4.49. The third-order valence-corrected chi connectivity index (χ3v) is 7.93. The third-order valence-electron chi connectivity index (χ3n) is 7.68. The molecule has 3 aliphatic rings. The number of anilines is 2. The Balaban J connectivity index is 1.35. The summed E-state index contributed by atoms with van der Waals surface area (Å²) in [6.45, 7) is 0. The minimum atomic E-state index is -0.971. The monoisotopic (exact) mass is 520 g/mol. The molecule has 2 fully saturated rings. The molecule has 2 saturated heterocycles. The van der Waals surface area contributed by atoms with Gasteiger partial charge in [0.25, 0.3) is 0 Å². The number of halogens is 1. The van der Waals surface area contributed by atoms with E-state index in [0.29, 0.717) is 16.4 Å². The van der Waals surface area contributed by atoms with Crippen molar-refractivity contribution in [1.82, 2.24) is 5.01 Å². The van der Waals surface area contributed by atoms with E-state index in [2.05, 4.69) is 10.4 Å². The first kappa shape index (κ1) is 22.7. The van der Waals surface area contributed by atoms with Gasteiger partial charge in [-0.05, 0) is 46.8 Å². The van der Waals surface area contributed by atoms with Crippen molar-refractivity contribution in [2.45, 2.75) is 12.1 Å². The molecule has 0 radical (unpaired) electrons. The van der Waals surface area contributed by atoms with Gasteiger partial charge in [-0.15, -0.1) is 0 Å². The Bertz CT molecular complexity index is 1660. The van der Waals surface area contributed by atoms with Crippen molar-refractivity contribution in [3.63, 3.8) is 0 Å². The van der Waals surface area contributed by atoms with Gasteiger partial charge in [0.15, 0.2) is 0 Å². The fraction of sp³-hybridized carbons (Fsp3) is 0.133. The molecule has 186 valence electrons. The number of carbonyl (C=O) groups is 3. The van der Waals surface area contributed by atoms with Crippen molar-refractivity contribution in [2.24, 2.45) is 16.9 Å². The summed E-state index contributed by atoms with van der Waals surface area (Å²) in [7, 11) is 0. The molecule has 7 rings (SSSR count). The van der Waals surface area contributed by atoms with Crippen molar-refractivity contribution < 1.29 is 14.4 Å². The van der Waals surface area contributed by atoms with E-state index >= 15 is 0 Å². The molecule has 4 aromatic rings. The molecule has 0 unspecified atom stereocenters. The van der Waals surface area contributed by atoms with Gasteiger partial charge < -0.3 is 5.32 Å². The first-order valence-corrected chi connectivity index (χ1v) is 12.7. The van der Waals surface area contributed by atoms with E-state index in [1.807, 2.05) is 60.7 Å². The number of amides is 3. The number of imide groups is 1. The predicted octanol–water partition coefficient (Wildman–Crippen LogP) is 5.01.